The first-order valence-electron chi connectivity index (χ1n) is 9.96. The molecule has 2 aromatic heterocycles. The highest BCUT2D eigenvalue weighted by atomic mass is 32.2. The second kappa shape index (κ2) is 10.3. The van der Waals surface area contributed by atoms with Crippen LogP contribution in [0.2, 0.25) is 0 Å². The van der Waals surface area contributed by atoms with E-state index in [-0.39, 0.29) is 11.2 Å². The molecule has 1 amide bonds. The fourth-order valence-corrected chi connectivity index (χ4v) is 5.15. The molecule has 10 heteroatoms. The number of hydrogen-bond donors (Lipinski definition) is 1. The molecule has 4 aromatic rings. The lowest BCUT2D eigenvalue weighted by atomic mass is 10.2. The van der Waals surface area contributed by atoms with E-state index in [1.165, 1.54) is 33.6 Å². The molecule has 0 spiro atoms. The van der Waals surface area contributed by atoms with Crippen LogP contribution < -0.4 is 5.32 Å². The predicted octanol–water partition coefficient (Wildman–Crippen LogP) is 5.15. The molecule has 32 heavy (non-hydrogen) atoms. The van der Waals surface area contributed by atoms with Crippen molar-refractivity contribution < 1.29 is 4.79 Å². The normalized spacial score (nSPS) is 12.0. The van der Waals surface area contributed by atoms with Crippen molar-refractivity contribution in [3.8, 4) is 5.69 Å². The summed E-state index contributed by atoms with van der Waals surface area (Å²) < 4.78 is 2.02. The number of amides is 1. The van der Waals surface area contributed by atoms with Crippen LogP contribution in [0.1, 0.15) is 23.3 Å². The second-order valence-corrected chi connectivity index (χ2v) is 10.6. The number of aromatic nitrogens is 5. The van der Waals surface area contributed by atoms with Crippen molar-refractivity contribution in [1.29, 1.82) is 0 Å². The molecule has 0 aliphatic rings. The summed E-state index contributed by atoms with van der Waals surface area (Å²) >= 11 is 4.43. The van der Waals surface area contributed by atoms with Gasteiger partial charge in [-0.3, -0.25) is 14.7 Å². The largest absolute Gasteiger partial charge is 0.300 e. The number of thioether (sulfide) groups is 2. The van der Waals surface area contributed by atoms with E-state index in [9.17, 15) is 4.79 Å². The van der Waals surface area contributed by atoms with E-state index < -0.39 is 0 Å². The Bertz CT molecular complexity index is 1190. The van der Waals surface area contributed by atoms with Gasteiger partial charge >= 0.3 is 0 Å². The molecule has 0 saturated heterocycles. The fraction of sp³-hybridized carbons (Fsp3) is 0.227. The van der Waals surface area contributed by atoms with Crippen molar-refractivity contribution in [2.24, 2.45) is 0 Å². The first kappa shape index (κ1) is 22.5. The number of nitrogens with zero attached hydrogens (tertiary/aromatic N) is 5. The molecule has 7 nitrogen and oxygen atoms in total. The Labute approximate surface area is 199 Å². The Morgan fingerprint density at radius 2 is 1.78 bits per heavy atom. The van der Waals surface area contributed by atoms with Gasteiger partial charge in [0.1, 0.15) is 10.8 Å². The Morgan fingerprint density at radius 1 is 1.03 bits per heavy atom. The van der Waals surface area contributed by atoms with Gasteiger partial charge in [-0.2, -0.15) is 0 Å². The number of nitrogens with one attached hydrogen (secondary N) is 1. The summed E-state index contributed by atoms with van der Waals surface area (Å²) in [6, 6.07) is 18.4. The van der Waals surface area contributed by atoms with Gasteiger partial charge in [-0.05, 0) is 45.0 Å². The number of para-hydroxylation sites is 1. The SMILES string of the molecule is Cc1ccc(SCc2nnc(SC(C)C(=O)Nc3nnc(C)s3)n2-c2ccccc2)cc1. The molecule has 0 bridgehead atoms. The third kappa shape index (κ3) is 5.56. The van der Waals surface area contributed by atoms with E-state index in [4.69, 9.17) is 0 Å². The van der Waals surface area contributed by atoms with Gasteiger partial charge in [-0.1, -0.05) is 59.0 Å². The molecule has 4 rings (SSSR count). The molecule has 2 heterocycles. The van der Waals surface area contributed by atoms with Crippen molar-refractivity contribution in [2.75, 3.05) is 5.32 Å². The molecule has 0 aliphatic heterocycles. The van der Waals surface area contributed by atoms with E-state index in [1.54, 1.807) is 11.8 Å². The van der Waals surface area contributed by atoms with E-state index in [0.717, 1.165) is 16.5 Å². The number of benzene rings is 2. The topological polar surface area (TPSA) is 85.6 Å². The summed E-state index contributed by atoms with van der Waals surface area (Å²) in [5, 5.41) is 21.2. The number of rotatable bonds is 8. The Kier molecular flexibility index (Phi) is 7.23. The lowest BCUT2D eigenvalue weighted by Crippen LogP contribution is -2.22. The quantitative estimate of drug-likeness (QED) is 0.348. The highest BCUT2D eigenvalue weighted by Gasteiger charge is 2.22. The average Bonchev–Trinajstić information content (AvgIpc) is 3.39. The second-order valence-electron chi connectivity index (χ2n) is 7.05. The molecular formula is C22H22N6OS3. The van der Waals surface area contributed by atoms with E-state index in [2.05, 4.69) is 56.9 Å². The van der Waals surface area contributed by atoms with Gasteiger partial charge in [0.25, 0.3) is 0 Å². The van der Waals surface area contributed by atoms with Crippen LogP contribution in [0.15, 0.2) is 64.6 Å². The fourth-order valence-electron chi connectivity index (χ4n) is 2.85. The Balaban J connectivity index is 1.53. The summed E-state index contributed by atoms with van der Waals surface area (Å²) in [5.74, 6) is 1.34. The van der Waals surface area contributed by atoms with Crippen LogP contribution in [0.3, 0.4) is 0 Å². The highest BCUT2D eigenvalue weighted by Crippen LogP contribution is 2.30. The van der Waals surface area contributed by atoms with Crippen LogP contribution in [0.25, 0.3) is 5.69 Å². The zero-order valence-corrected chi connectivity index (χ0v) is 20.3. The predicted molar refractivity (Wildman–Crippen MR) is 131 cm³/mol. The smallest absolute Gasteiger partial charge is 0.239 e. The van der Waals surface area contributed by atoms with Gasteiger partial charge in [-0.25, -0.2) is 0 Å². The van der Waals surface area contributed by atoms with Gasteiger partial charge in [0, 0.05) is 10.6 Å². The third-order valence-corrected chi connectivity index (χ3v) is 7.32. The molecule has 1 atom stereocenters. The van der Waals surface area contributed by atoms with Crippen molar-refractivity contribution in [2.45, 2.75) is 41.8 Å². The summed E-state index contributed by atoms with van der Waals surface area (Å²) in [4.78, 5) is 13.8. The van der Waals surface area contributed by atoms with Crippen LogP contribution in [-0.4, -0.2) is 36.1 Å². The first-order chi connectivity index (χ1) is 15.5. The minimum Gasteiger partial charge on any atom is -0.300 e. The van der Waals surface area contributed by atoms with Gasteiger partial charge in [0.2, 0.25) is 11.0 Å². The number of hydrogen-bond acceptors (Lipinski definition) is 8. The molecule has 0 aliphatic carbocycles. The first-order valence-corrected chi connectivity index (χ1v) is 12.6. The number of anilines is 1. The minimum absolute atomic E-state index is 0.149. The van der Waals surface area contributed by atoms with Crippen LogP contribution >= 0.6 is 34.9 Å². The van der Waals surface area contributed by atoms with E-state index in [1.807, 2.05) is 48.7 Å². The maximum atomic E-state index is 12.7. The number of aryl methyl sites for hydroxylation is 2. The average molecular weight is 483 g/mol. The zero-order chi connectivity index (χ0) is 22.5. The third-order valence-electron chi connectivity index (χ3n) is 4.51. The maximum Gasteiger partial charge on any atom is 0.239 e. The molecule has 0 saturated carbocycles. The Morgan fingerprint density at radius 3 is 2.47 bits per heavy atom. The van der Waals surface area contributed by atoms with Gasteiger partial charge < -0.3 is 0 Å². The number of carbonyl (C=O) groups is 1. The van der Waals surface area contributed by atoms with Crippen LogP contribution in [0, 0.1) is 13.8 Å². The molecular weight excluding hydrogens is 460 g/mol. The van der Waals surface area contributed by atoms with Crippen molar-refractivity contribution >= 4 is 45.9 Å². The summed E-state index contributed by atoms with van der Waals surface area (Å²) in [6.07, 6.45) is 0. The summed E-state index contributed by atoms with van der Waals surface area (Å²) in [6.45, 7) is 5.77. The monoisotopic (exact) mass is 482 g/mol. The van der Waals surface area contributed by atoms with Crippen LogP contribution in [0.5, 0.6) is 0 Å². The van der Waals surface area contributed by atoms with Gasteiger partial charge in [-0.15, -0.1) is 32.2 Å². The van der Waals surface area contributed by atoms with Crippen LogP contribution in [0.4, 0.5) is 5.13 Å². The minimum atomic E-state index is -0.386. The maximum absolute atomic E-state index is 12.7. The zero-order valence-electron chi connectivity index (χ0n) is 17.8. The van der Waals surface area contributed by atoms with Crippen molar-refractivity contribution in [1.82, 2.24) is 25.0 Å². The molecule has 1 unspecified atom stereocenters. The Hall–Kier alpha value is -2.69. The van der Waals surface area contributed by atoms with Gasteiger partial charge in [0.15, 0.2) is 5.16 Å². The lowest BCUT2D eigenvalue weighted by molar-refractivity contribution is -0.115. The van der Waals surface area contributed by atoms with Gasteiger partial charge in [0.05, 0.1) is 11.0 Å². The van der Waals surface area contributed by atoms with Crippen molar-refractivity contribution in [3.63, 3.8) is 0 Å². The molecule has 1 N–H and O–H groups in total. The standard InChI is InChI=1S/C22H22N6OS3/c1-14-9-11-18(12-10-14)30-13-19-25-27-22(28(19)17-7-5-4-6-8-17)31-15(2)20(29)23-21-26-24-16(3)32-21/h4-12,15H,13H2,1-3H3,(H,23,26,29). The van der Waals surface area contributed by atoms with E-state index >= 15 is 0 Å². The van der Waals surface area contributed by atoms with Crippen molar-refractivity contribution in [3.05, 3.63) is 71.0 Å². The number of carbonyl (C=O) groups excluding carboxylic acids is 1. The van der Waals surface area contributed by atoms with Crippen LogP contribution in [-0.2, 0) is 10.5 Å². The molecule has 0 fully saturated rings. The highest BCUT2D eigenvalue weighted by molar-refractivity contribution is 8.00. The summed E-state index contributed by atoms with van der Waals surface area (Å²) in [7, 11) is 0. The molecule has 2 aromatic carbocycles. The molecule has 164 valence electrons. The summed E-state index contributed by atoms with van der Waals surface area (Å²) in [5.41, 5.74) is 2.20. The van der Waals surface area contributed by atoms with E-state index in [0.29, 0.717) is 16.0 Å². The molecule has 0 radical (unpaired) electrons. The lowest BCUT2D eigenvalue weighted by Gasteiger charge is -2.13.